The number of amides is 1. The van der Waals surface area contributed by atoms with Gasteiger partial charge in [-0.3, -0.25) is 4.79 Å². The van der Waals surface area contributed by atoms with E-state index in [0.717, 1.165) is 19.4 Å². The number of carbonyl (C=O) groups is 1. The number of rotatable bonds is 4. The minimum atomic E-state index is -0.722. The molecular formula is C16H23N7O3. The number of aliphatic hydroxyl groups is 1. The van der Waals surface area contributed by atoms with Crippen LogP contribution in [0.4, 0.5) is 5.82 Å². The van der Waals surface area contributed by atoms with Gasteiger partial charge in [0, 0.05) is 6.42 Å². The SMILES string of the molecule is C[C@@H]1O[C@H](Nc2ncnc3nc[nH]c23)C[C@H](O)[C@H]1NC(=O)[C@H]1CCCN1. The highest BCUT2D eigenvalue weighted by atomic mass is 16.5. The van der Waals surface area contributed by atoms with Crippen LogP contribution in [0.3, 0.4) is 0 Å². The van der Waals surface area contributed by atoms with Gasteiger partial charge >= 0.3 is 0 Å². The number of carbonyl (C=O) groups excluding carboxylic acids is 1. The van der Waals surface area contributed by atoms with E-state index in [-0.39, 0.29) is 18.1 Å². The van der Waals surface area contributed by atoms with Gasteiger partial charge in [-0.2, -0.15) is 0 Å². The molecule has 2 fully saturated rings. The monoisotopic (exact) mass is 361 g/mol. The van der Waals surface area contributed by atoms with E-state index < -0.39 is 18.4 Å². The lowest BCUT2D eigenvalue weighted by atomic mass is 9.98. The number of imidazole rings is 1. The molecule has 10 nitrogen and oxygen atoms in total. The lowest BCUT2D eigenvalue weighted by molar-refractivity contribution is -0.133. The molecule has 5 atom stereocenters. The summed E-state index contributed by atoms with van der Waals surface area (Å²) >= 11 is 0. The molecule has 0 unspecified atom stereocenters. The van der Waals surface area contributed by atoms with Crippen LogP contribution < -0.4 is 16.0 Å². The van der Waals surface area contributed by atoms with Gasteiger partial charge in [-0.05, 0) is 26.3 Å². The highest BCUT2D eigenvalue weighted by molar-refractivity contribution is 5.83. The van der Waals surface area contributed by atoms with Crippen LogP contribution in [0.2, 0.25) is 0 Å². The van der Waals surface area contributed by atoms with Crippen LogP contribution in [-0.4, -0.2) is 68.0 Å². The van der Waals surface area contributed by atoms with Crippen molar-refractivity contribution in [3.05, 3.63) is 12.7 Å². The highest BCUT2D eigenvalue weighted by Gasteiger charge is 2.38. The molecule has 4 heterocycles. The summed E-state index contributed by atoms with van der Waals surface area (Å²) in [6.07, 6.45) is 3.61. The molecule has 10 heteroatoms. The Morgan fingerprint density at radius 2 is 2.27 bits per heavy atom. The summed E-state index contributed by atoms with van der Waals surface area (Å²) in [4.78, 5) is 27.7. The van der Waals surface area contributed by atoms with E-state index in [9.17, 15) is 9.90 Å². The zero-order valence-electron chi connectivity index (χ0n) is 14.5. The topological polar surface area (TPSA) is 137 Å². The Labute approximate surface area is 150 Å². The third-order valence-corrected chi connectivity index (χ3v) is 4.96. The predicted molar refractivity (Wildman–Crippen MR) is 93.2 cm³/mol. The van der Waals surface area contributed by atoms with E-state index in [2.05, 4.69) is 35.9 Å². The first-order valence-electron chi connectivity index (χ1n) is 8.89. The number of anilines is 1. The van der Waals surface area contributed by atoms with Gasteiger partial charge < -0.3 is 30.8 Å². The summed E-state index contributed by atoms with van der Waals surface area (Å²) in [6.45, 7) is 2.69. The molecule has 0 radical (unpaired) electrons. The average molecular weight is 361 g/mol. The van der Waals surface area contributed by atoms with Crippen molar-refractivity contribution in [1.29, 1.82) is 0 Å². The zero-order chi connectivity index (χ0) is 18.1. The molecule has 0 spiro atoms. The first kappa shape index (κ1) is 17.1. The Morgan fingerprint density at radius 1 is 1.38 bits per heavy atom. The Balaban J connectivity index is 1.40. The van der Waals surface area contributed by atoms with Crippen molar-refractivity contribution in [2.45, 2.75) is 56.7 Å². The van der Waals surface area contributed by atoms with Crippen LogP contribution in [0.25, 0.3) is 11.2 Å². The molecule has 4 rings (SSSR count). The van der Waals surface area contributed by atoms with Crippen molar-refractivity contribution >= 4 is 22.9 Å². The Bertz CT molecular complexity index is 764. The van der Waals surface area contributed by atoms with Gasteiger partial charge in [-0.25, -0.2) is 15.0 Å². The van der Waals surface area contributed by atoms with Crippen LogP contribution in [0.1, 0.15) is 26.2 Å². The number of fused-ring (bicyclic) bond motifs is 1. The fourth-order valence-corrected chi connectivity index (χ4v) is 3.58. The Hall–Kier alpha value is -2.30. The summed E-state index contributed by atoms with van der Waals surface area (Å²) in [5, 5.41) is 19.8. The van der Waals surface area contributed by atoms with Gasteiger partial charge in [0.1, 0.15) is 18.1 Å². The fourth-order valence-electron chi connectivity index (χ4n) is 3.58. The van der Waals surface area contributed by atoms with Gasteiger partial charge in [-0.1, -0.05) is 0 Å². The van der Waals surface area contributed by atoms with Gasteiger partial charge in [-0.15, -0.1) is 0 Å². The first-order valence-corrected chi connectivity index (χ1v) is 8.89. The molecule has 1 amide bonds. The summed E-state index contributed by atoms with van der Waals surface area (Å²) < 4.78 is 5.96. The highest BCUT2D eigenvalue weighted by Crippen LogP contribution is 2.24. The van der Waals surface area contributed by atoms with Crippen molar-refractivity contribution in [3.8, 4) is 0 Å². The van der Waals surface area contributed by atoms with Crippen LogP contribution in [-0.2, 0) is 9.53 Å². The summed E-state index contributed by atoms with van der Waals surface area (Å²) in [5.74, 6) is 0.484. The maximum atomic E-state index is 12.3. The molecule has 0 aliphatic carbocycles. The summed E-state index contributed by atoms with van der Waals surface area (Å²) in [6, 6.07) is -0.625. The lowest BCUT2D eigenvalue weighted by Gasteiger charge is -2.39. The third-order valence-electron chi connectivity index (χ3n) is 4.96. The van der Waals surface area contributed by atoms with E-state index in [1.807, 2.05) is 6.92 Å². The molecule has 0 saturated carbocycles. The number of ether oxygens (including phenoxy) is 1. The van der Waals surface area contributed by atoms with Crippen molar-refractivity contribution < 1.29 is 14.6 Å². The lowest BCUT2D eigenvalue weighted by Crippen LogP contribution is -2.59. The second-order valence-electron chi connectivity index (χ2n) is 6.78. The first-order chi connectivity index (χ1) is 12.6. The normalized spacial score (nSPS) is 31.8. The molecule has 0 aromatic carbocycles. The number of nitrogens with zero attached hydrogens (tertiary/aromatic N) is 3. The Morgan fingerprint density at radius 3 is 3.04 bits per heavy atom. The Kier molecular flexibility index (Phi) is 4.70. The van der Waals surface area contributed by atoms with Gasteiger partial charge in [0.05, 0.1) is 30.6 Å². The molecule has 0 bridgehead atoms. The smallest absolute Gasteiger partial charge is 0.237 e. The largest absolute Gasteiger partial charge is 0.391 e. The minimum absolute atomic E-state index is 0.0802. The van der Waals surface area contributed by atoms with E-state index in [4.69, 9.17) is 4.74 Å². The van der Waals surface area contributed by atoms with Crippen molar-refractivity contribution in [2.75, 3.05) is 11.9 Å². The molecule has 2 aliphatic rings. The van der Waals surface area contributed by atoms with Crippen LogP contribution in [0.5, 0.6) is 0 Å². The van der Waals surface area contributed by atoms with E-state index in [1.54, 1.807) is 6.33 Å². The minimum Gasteiger partial charge on any atom is -0.391 e. The number of aromatic nitrogens is 4. The number of aromatic amines is 1. The molecular weight excluding hydrogens is 338 g/mol. The fraction of sp³-hybridized carbons (Fsp3) is 0.625. The summed E-state index contributed by atoms with van der Waals surface area (Å²) in [7, 11) is 0. The predicted octanol–water partition coefficient (Wildman–Crippen LogP) is -0.503. The van der Waals surface area contributed by atoms with Crippen molar-refractivity contribution in [1.82, 2.24) is 30.6 Å². The van der Waals surface area contributed by atoms with Crippen molar-refractivity contribution in [3.63, 3.8) is 0 Å². The summed E-state index contributed by atoms with van der Waals surface area (Å²) in [5.41, 5.74) is 1.24. The molecule has 2 aliphatic heterocycles. The van der Waals surface area contributed by atoms with E-state index in [1.165, 1.54) is 6.33 Å². The van der Waals surface area contributed by atoms with Gasteiger partial charge in [0.2, 0.25) is 5.91 Å². The molecule has 5 N–H and O–H groups in total. The molecule has 2 aromatic rings. The third kappa shape index (κ3) is 3.35. The number of hydrogen-bond acceptors (Lipinski definition) is 8. The molecule has 2 aromatic heterocycles. The van der Waals surface area contributed by atoms with Gasteiger partial charge in [0.15, 0.2) is 11.5 Å². The van der Waals surface area contributed by atoms with Crippen LogP contribution in [0.15, 0.2) is 12.7 Å². The molecule has 140 valence electrons. The van der Waals surface area contributed by atoms with Crippen LogP contribution in [0, 0.1) is 0 Å². The average Bonchev–Trinajstić information content (AvgIpc) is 3.29. The van der Waals surface area contributed by atoms with E-state index in [0.29, 0.717) is 23.4 Å². The van der Waals surface area contributed by atoms with E-state index >= 15 is 0 Å². The quantitative estimate of drug-likeness (QED) is 0.491. The van der Waals surface area contributed by atoms with Crippen LogP contribution >= 0.6 is 0 Å². The number of aliphatic hydroxyl groups excluding tert-OH is 1. The standard InChI is InChI=1S/C16H23N7O3/c1-8-12(23-16(25)9-3-2-4-17-9)10(24)5-11(26-8)22-15-13-14(19-6-18-13)20-7-21-15/h6-12,17,24H,2-5H2,1H3,(H,23,25)(H2,18,19,20,21,22)/t8-,9+,10-,11-,12-/m0/s1. The van der Waals surface area contributed by atoms with Crippen molar-refractivity contribution in [2.24, 2.45) is 0 Å². The second kappa shape index (κ2) is 7.14. The maximum Gasteiger partial charge on any atom is 0.237 e. The number of nitrogens with one attached hydrogen (secondary N) is 4. The second-order valence-corrected chi connectivity index (χ2v) is 6.78. The van der Waals surface area contributed by atoms with Gasteiger partial charge in [0.25, 0.3) is 0 Å². The maximum absolute atomic E-state index is 12.3. The number of H-pyrrole nitrogens is 1. The molecule has 26 heavy (non-hydrogen) atoms. The zero-order valence-corrected chi connectivity index (χ0v) is 14.5. The molecule has 2 saturated heterocycles. The number of hydrogen-bond donors (Lipinski definition) is 5.